The predicted octanol–water partition coefficient (Wildman–Crippen LogP) is 1.67. The van der Waals surface area contributed by atoms with Crippen LogP contribution in [-0.2, 0) is 17.8 Å². The monoisotopic (exact) mass is 258 g/mol. The molecule has 2 aromatic rings. The lowest BCUT2D eigenvalue weighted by Gasteiger charge is -2.04. The van der Waals surface area contributed by atoms with Crippen molar-refractivity contribution in [1.82, 2.24) is 10.2 Å². The molecule has 0 saturated heterocycles. The molecule has 0 bridgehead atoms. The maximum Gasteiger partial charge on any atom is 0.230 e. The van der Waals surface area contributed by atoms with Gasteiger partial charge in [-0.15, -0.1) is 0 Å². The van der Waals surface area contributed by atoms with Crippen LogP contribution in [0.3, 0.4) is 0 Å². The van der Waals surface area contributed by atoms with Gasteiger partial charge >= 0.3 is 0 Å². The van der Waals surface area contributed by atoms with E-state index in [9.17, 15) is 4.79 Å². The Labute approximate surface area is 112 Å². The number of nitrogens with zero attached hydrogens (tertiary/aromatic N) is 1. The van der Waals surface area contributed by atoms with Crippen molar-refractivity contribution in [1.29, 1.82) is 0 Å². The zero-order valence-electron chi connectivity index (χ0n) is 11.2. The van der Waals surface area contributed by atoms with Crippen molar-refractivity contribution in [2.24, 2.45) is 5.73 Å². The standard InChI is InChI=1S/C14H18N4O/c1-9-10(2)17-18-14(9)16-13(19)7-11-3-5-12(8-15)6-4-11/h3-6H,7-8,15H2,1-2H3,(H2,16,17,18,19). The summed E-state index contributed by atoms with van der Waals surface area (Å²) in [6.07, 6.45) is 0.330. The molecule has 100 valence electrons. The van der Waals surface area contributed by atoms with Crippen LogP contribution in [0.5, 0.6) is 0 Å². The van der Waals surface area contributed by atoms with Crippen LogP contribution in [0.25, 0.3) is 0 Å². The van der Waals surface area contributed by atoms with Gasteiger partial charge in [0.15, 0.2) is 5.82 Å². The summed E-state index contributed by atoms with van der Waals surface area (Å²) in [5.41, 5.74) is 9.47. The zero-order chi connectivity index (χ0) is 13.8. The van der Waals surface area contributed by atoms with Gasteiger partial charge in [-0.25, -0.2) is 0 Å². The smallest absolute Gasteiger partial charge is 0.230 e. The second kappa shape index (κ2) is 5.67. The normalized spacial score (nSPS) is 10.5. The maximum absolute atomic E-state index is 11.9. The van der Waals surface area contributed by atoms with Crippen LogP contribution in [0.4, 0.5) is 5.82 Å². The third-order valence-electron chi connectivity index (χ3n) is 3.13. The molecule has 1 amide bonds. The molecular formula is C14H18N4O. The van der Waals surface area contributed by atoms with Gasteiger partial charge in [0.1, 0.15) is 0 Å². The molecule has 1 aromatic heterocycles. The second-order valence-electron chi connectivity index (χ2n) is 4.57. The van der Waals surface area contributed by atoms with E-state index in [1.54, 1.807) is 0 Å². The molecule has 0 unspecified atom stereocenters. The zero-order valence-corrected chi connectivity index (χ0v) is 11.2. The SMILES string of the molecule is Cc1[nH]nc(NC(=O)Cc2ccc(CN)cc2)c1C. The molecule has 0 atom stereocenters. The lowest BCUT2D eigenvalue weighted by atomic mass is 10.1. The van der Waals surface area contributed by atoms with Gasteiger partial charge in [-0.1, -0.05) is 24.3 Å². The van der Waals surface area contributed by atoms with Crippen LogP contribution >= 0.6 is 0 Å². The summed E-state index contributed by atoms with van der Waals surface area (Å²) in [7, 11) is 0. The van der Waals surface area contributed by atoms with E-state index < -0.39 is 0 Å². The fourth-order valence-electron chi connectivity index (χ4n) is 1.76. The summed E-state index contributed by atoms with van der Waals surface area (Å²) < 4.78 is 0. The molecule has 0 aliphatic carbocycles. The molecule has 0 saturated carbocycles. The van der Waals surface area contributed by atoms with Gasteiger partial charge in [-0.2, -0.15) is 5.10 Å². The molecule has 1 heterocycles. The molecule has 0 aliphatic heterocycles. The Hall–Kier alpha value is -2.14. The molecule has 0 fully saturated rings. The molecule has 19 heavy (non-hydrogen) atoms. The number of aromatic nitrogens is 2. The number of hydrogen-bond donors (Lipinski definition) is 3. The number of anilines is 1. The molecule has 0 aliphatic rings. The maximum atomic E-state index is 11.9. The van der Waals surface area contributed by atoms with Gasteiger partial charge in [0.05, 0.1) is 6.42 Å². The Morgan fingerprint density at radius 3 is 2.42 bits per heavy atom. The van der Waals surface area contributed by atoms with E-state index in [2.05, 4.69) is 15.5 Å². The summed E-state index contributed by atoms with van der Waals surface area (Å²) in [6.45, 7) is 4.35. The number of carbonyl (C=O) groups is 1. The number of amides is 1. The van der Waals surface area contributed by atoms with Crippen molar-refractivity contribution in [3.63, 3.8) is 0 Å². The number of aryl methyl sites for hydroxylation is 1. The average molecular weight is 258 g/mol. The molecule has 2 rings (SSSR count). The van der Waals surface area contributed by atoms with E-state index in [-0.39, 0.29) is 5.91 Å². The first-order valence-electron chi connectivity index (χ1n) is 6.19. The van der Waals surface area contributed by atoms with Crippen LogP contribution in [0.1, 0.15) is 22.4 Å². The van der Waals surface area contributed by atoms with E-state index in [1.165, 1.54) is 0 Å². The highest BCUT2D eigenvalue weighted by atomic mass is 16.1. The fourth-order valence-corrected chi connectivity index (χ4v) is 1.76. The second-order valence-corrected chi connectivity index (χ2v) is 4.57. The van der Waals surface area contributed by atoms with Crippen molar-refractivity contribution in [3.8, 4) is 0 Å². The van der Waals surface area contributed by atoms with Crippen LogP contribution in [0, 0.1) is 13.8 Å². The van der Waals surface area contributed by atoms with E-state index in [4.69, 9.17) is 5.73 Å². The third-order valence-corrected chi connectivity index (χ3v) is 3.13. The van der Waals surface area contributed by atoms with Gasteiger partial charge in [0.25, 0.3) is 0 Å². The van der Waals surface area contributed by atoms with Gasteiger partial charge in [0, 0.05) is 17.8 Å². The Bertz CT molecular complexity index is 572. The molecule has 5 nitrogen and oxygen atoms in total. The van der Waals surface area contributed by atoms with E-state index in [0.29, 0.717) is 18.8 Å². The quantitative estimate of drug-likeness (QED) is 0.780. The number of nitrogens with two attached hydrogens (primary N) is 1. The summed E-state index contributed by atoms with van der Waals surface area (Å²) in [5.74, 6) is 0.524. The van der Waals surface area contributed by atoms with E-state index in [0.717, 1.165) is 22.4 Å². The van der Waals surface area contributed by atoms with Crippen LogP contribution in [0.2, 0.25) is 0 Å². The van der Waals surface area contributed by atoms with E-state index >= 15 is 0 Å². The minimum Gasteiger partial charge on any atom is -0.326 e. The highest BCUT2D eigenvalue weighted by Gasteiger charge is 2.09. The van der Waals surface area contributed by atoms with Gasteiger partial charge in [-0.3, -0.25) is 9.89 Å². The van der Waals surface area contributed by atoms with Gasteiger partial charge < -0.3 is 11.1 Å². The van der Waals surface area contributed by atoms with Gasteiger partial charge in [0.2, 0.25) is 5.91 Å². The van der Waals surface area contributed by atoms with Crippen molar-refractivity contribution < 1.29 is 4.79 Å². The summed E-state index contributed by atoms with van der Waals surface area (Å²) in [4.78, 5) is 11.9. The number of carbonyl (C=O) groups excluding carboxylic acids is 1. The summed E-state index contributed by atoms with van der Waals surface area (Å²) in [5, 5.41) is 9.70. The minimum atomic E-state index is -0.0740. The van der Waals surface area contributed by atoms with Crippen molar-refractivity contribution in [3.05, 3.63) is 46.6 Å². The van der Waals surface area contributed by atoms with Crippen LogP contribution in [-0.4, -0.2) is 16.1 Å². The number of rotatable bonds is 4. The topological polar surface area (TPSA) is 83.8 Å². The molecule has 1 aromatic carbocycles. The molecule has 0 spiro atoms. The summed E-state index contributed by atoms with van der Waals surface area (Å²) in [6, 6.07) is 7.72. The Balaban J connectivity index is 1.99. The Morgan fingerprint density at radius 1 is 1.26 bits per heavy atom. The fraction of sp³-hybridized carbons (Fsp3) is 0.286. The van der Waals surface area contributed by atoms with Crippen molar-refractivity contribution in [2.45, 2.75) is 26.8 Å². The highest BCUT2D eigenvalue weighted by molar-refractivity contribution is 5.92. The number of H-pyrrole nitrogens is 1. The Morgan fingerprint density at radius 2 is 1.89 bits per heavy atom. The van der Waals surface area contributed by atoms with Crippen molar-refractivity contribution in [2.75, 3.05) is 5.32 Å². The molecule has 4 N–H and O–H groups in total. The largest absolute Gasteiger partial charge is 0.326 e. The molecule has 0 radical (unpaired) electrons. The lowest BCUT2D eigenvalue weighted by Crippen LogP contribution is -2.15. The minimum absolute atomic E-state index is 0.0740. The van der Waals surface area contributed by atoms with Gasteiger partial charge in [-0.05, 0) is 25.0 Å². The molecular weight excluding hydrogens is 240 g/mol. The first-order chi connectivity index (χ1) is 9.10. The summed E-state index contributed by atoms with van der Waals surface area (Å²) >= 11 is 0. The highest BCUT2D eigenvalue weighted by Crippen LogP contribution is 2.14. The Kier molecular flexibility index (Phi) is 3.97. The van der Waals surface area contributed by atoms with Crippen LogP contribution < -0.4 is 11.1 Å². The first kappa shape index (κ1) is 13.3. The third kappa shape index (κ3) is 3.20. The van der Waals surface area contributed by atoms with Crippen molar-refractivity contribution >= 4 is 11.7 Å². The number of benzene rings is 1. The average Bonchev–Trinajstić information content (AvgIpc) is 2.71. The van der Waals surface area contributed by atoms with Crippen LogP contribution in [0.15, 0.2) is 24.3 Å². The number of hydrogen-bond acceptors (Lipinski definition) is 3. The lowest BCUT2D eigenvalue weighted by molar-refractivity contribution is -0.115. The van der Waals surface area contributed by atoms with E-state index in [1.807, 2.05) is 38.1 Å². The first-order valence-corrected chi connectivity index (χ1v) is 6.19. The predicted molar refractivity (Wildman–Crippen MR) is 74.7 cm³/mol. The molecule has 5 heteroatoms. The number of aromatic amines is 1. The number of nitrogens with one attached hydrogen (secondary N) is 2.